The van der Waals surface area contributed by atoms with E-state index in [4.69, 9.17) is 9.26 Å². The molecule has 0 fully saturated rings. The third-order valence-electron chi connectivity index (χ3n) is 4.37. The van der Waals surface area contributed by atoms with E-state index in [1.54, 1.807) is 56.6 Å². The molecule has 2 amide bonds. The first kappa shape index (κ1) is 21.4. The molecule has 0 saturated heterocycles. The fourth-order valence-corrected chi connectivity index (χ4v) is 3.29. The molecular weight excluding hydrogens is 402 g/mol. The number of aryl methyl sites for hydroxylation is 2. The summed E-state index contributed by atoms with van der Waals surface area (Å²) in [5.74, 6) is 0.882. The maximum atomic E-state index is 12.8. The van der Waals surface area contributed by atoms with Gasteiger partial charge >= 0.3 is 0 Å². The quantitative estimate of drug-likeness (QED) is 0.566. The van der Waals surface area contributed by atoms with Crippen LogP contribution in [-0.4, -0.2) is 35.3 Å². The summed E-state index contributed by atoms with van der Waals surface area (Å²) in [4.78, 5) is 26.9. The van der Waals surface area contributed by atoms with Gasteiger partial charge in [0.2, 0.25) is 0 Å². The van der Waals surface area contributed by atoms with E-state index >= 15 is 0 Å². The summed E-state index contributed by atoms with van der Waals surface area (Å²) >= 11 is 1.13. The Balaban J connectivity index is 1.68. The molecule has 0 spiro atoms. The van der Waals surface area contributed by atoms with Gasteiger partial charge in [-0.1, -0.05) is 17.3 Å². The van der Waals surface area contributed by atoms with Gasteiger partial charge in [-0.15, -0.1) is 0 Å². The molecule has 0 aliphatic rings. The molecule has 0 atom stereocenters. The number of hydrogen-bond acceptors (Lipinski definition) is 6. The predicted molar refractivity (Wildman–Crippen MR) is 116 cm³/mol. The molecule has 1 heterocycles. The molecule has 1 aromatic heterocycles. The Morgan fingerprint density at radius 1 is 1.10 bits per heavy atom. The summed E-state index contributed by atoms with van der Waals surface area (Å²) in [6, 6.07) is 14.2. The number of benzene rings is 2. The van der Waals surface area contributed by atoms with Gasteiger partial charge in [0.1, 0.15) is 18.1 Å². The second-order valence-corrected chi connectivity index (χ2v) is 7.85. The number of nitrogens with one attached hydrogen (secondary N) is 1. The normalized spacial score (nSPS) is 10.5. The van der Waals surface area contributed by atoms with Gasteiger partial charge in [-0.25, -0.2) is 0 Å². The van der Waals surface area contributed by atoms with Gasteiger partial charge in [-0.05, 0) is 62.0 Å². The summed E-state index contributed by atoms with van der Waals surface area (Å²) in [6.07, 6.45) is 0. The first-order valence-corrected chi connectivity index (χ1v) is 10.1. The van der Waals surface area contributed by atoms with Crippen LogP contribution in [0.4, 0.5) is 10.5 Å². The average molecular weight is 426 g/mol. The van der Waals surface area contributed by atoms with Crippen LogP contribution in [0.25, 0.3) is 0 Å². The number of hydrogen-bond donors (Lipinski definition) is 1. The number of thioether (sulfide) groups is 1. The van der Waals surface area contributed by atoms with Gasteiger partial charge in [-0.3, -0.25) is 9.59 Å². The van der Waals surface area contributed by atoms with E-state index < -0.39 is 0 Å². The standard InChI is InChI=1S/C22H23N3O4S/c1-14-19(15(2)29-24-14)13-28-20-8-6-5-7-18(20)21(26)23-16-9-11-17(12-10-16)30-22(27)25(3)4/h5-12H,13H2,1-4H3,(H,23,26). The predicted octanol–water partition coefficient (Wildman–Crippen LogP) is 4.90. The number of aromatic nitrogens is 1. The zero-order chi connectivity index (χ0) is 21.7. The van der Waals surface area contributed by atoms with Crippen molar-refractivity contribution in [2.75, 3.05) is 19.4 Å². The van der Waals surface area contributed by atoms with E-state index in [0.717, 1.165) is 27.9 Å². The van der Waals surface area contributed by atoms with E-state index in [9.17, 15) is 9.59 Å². The molecule has 0 saturated carbocycles. The van der Waals surface area contributed by atoms with Crippen LogP contribution in [0.5, 0.6) is 5.75 Å². The highest BCUT2D eigenvalue weighted by Crippen LogP contribution is 2.25. The average Bonchev–Trinajstić information content (AvgIpc) is 3.05. The van der Waals surface area contributed by atoms with Gasteiger partial charge in [0.15, 0.2) is 0 Å². The lowest BCUT2D eigenvalue weighted by Crippen LogP contribution is -2.16. The maximum Gasteiger partial charge on any atom is 0.285 e. The molecule has 30 heavy (non-hydrogen) atoms. The molecule has 156 valence electrons. The fourth-order valence-electron chi connectivity index (χ4n) is 2.63. The van der Waals surface area contributed by atoms with Crippen LogP contribution in [0, 0.1) is 13.8 Å². The smallest absolute Gasteiger partial charge is 0.285 e. The second kappa shape index (κ2) is 9.49. The molecule has 0 bridgehead atoms. The van der Waals surface area contributed by atoms with Crippen LogP contribution in [0.3, 0.4) is 0 Å². The van der Waals surface area contributed by atoms with E-state index in [1.807, 2.05) is 19.9 Å². The zero-order valence-corrected chi connectivity index (χ0v) is 18.1. The van der Waals surface area contributed by atoms with Crippen LogP contribution in [0.1, 0.15) is 27.4 Å². The Hall–Kier alpha value is -3.26. The molecule has 2 aromatic carbocycles. The van der Waals surface area contributed by atoms with Crippen molar-refractivity contribution in [1.29, 1.82) is 0 Å². The van der Waals surface area contributed by atoms with E-state index in [0.29, 0.717) is 22.8 Å². The Morgan fingerprint density at radius 3 is 2.43 bits per heavy atom. The molecule has 0 aliphatic carbocycles. The van der Waals surface area contributed by atoms with Crippen molar-refractivity contribution < 1.29 is 18.8 Å². The highest BCUT2D eigenvalue weighted by molar-refractivity contribution is 8.13. The first-order chi connectivity index (χ1) is 14.3. The summed E-state index contributed by atoms with van der Waals surface area (Å²) < 4.78 is 11.0. The molecule has 0 aliphatic heterocycles. The summed E-state index contributed by atoms with van der Waals surface area (Å²) in [7, 11) is 3.41. The number of nitrogens with zero attached hydrogens (tertiary/aromatic N) is 2. The van der Waals surface area contributed by atoms with Gasteiger partial charge in [0.25, 0.3) is 11.1 Å². The van der Waals surface area contributed by atoms with Crippen LogP contribution in [-0.2, 0) is 6.61 Å². The SMILES string of the molecule is Cc1noc(C)c1COc1ccccc1C(=O)Nc1ccc(SC(=O)N(C)C)cc1. The molecule has 0 radical (unpaired) electrons. The Bertz CT molecular complexity index is 1030. The first-order valence-electron chi connectivity index (χ1n) is 9.29. The molecule has 1 N–H and O–H groups in total. The van der Waals surface area contributed by atoms with E-state index in [1.165, 1.54) is 4.90 Å². The molecule has 3 aromatic rings. The third-order valence-corrected chi connectivity index (χ3v) is 5.42. The maximum absolute atomic E-state index is 12.8. The second-order valence-electron chi connectivity index (χ2n) is 6.83. The summed E-state index contributed by atoms with van der Waals surface area (Å²) in [5.41, 5.74) is 2.68. The highest BCUT2D eigenvalue weighted by atomic mass is 32.2. The lowest BCUT2D eigenvalue weighted by Gasteiger charge is -2.12. The highest BCUT2D eigenvalue weighted by Gasteiger charge is 2.15. The molecule has 0 unspecified atom stereocenters. The minimum absolute atomic E-state index is 0.0591. The number of amides is 2. The van der Waals surface area contributed by atoms with Crippen molar-refractivity contribution in [3.63, 3.8) is 0 Å². The van der Waals surface area contributed by atoms with Crippen molar-refractivity contribution in [2.45, 2.75) is 25.3 Å². The lowest BCUT2D eigenvalue weighted by molar-refractivity contribution is 0.102. The number of anilines is 1. The van der Waals surface area contributed by atoms with Crippen LogP contribution < -0.4 is 10.1 Å². The number of carbonyl (C=O) groups is 2. The number of rotatable bonds is 6. The molecule has 8 heteroatoms. The van der Waals surface area contributed by atoms with Crippen molar-refractivity contribution >= 4 is 28.6 Å². The Morgan fingerprint density at radius 2 is 1.80 bits per heavy atom. The summed E-state index contributed by atoms with van der Waals surface area (Å²) in [6.45, 7) is 3.94. The van der Waals surface area contributed by atoms with Gasteiger partial charge < -0.3 is 19.5 Å². The minimum atomic E-state index is -0.283. The monoisotopic (exact) mass is 425 g/mol. The fraction of sp³-hybridized carbons (Fsp3) is 0.227. The van der Waals surface area contributed by atoms with Crippen LogP contribution in [0.2, 0.25) is 0 Å². The van der Waals surface area contributed by atoms with Crippen molar-refractivity contribution in [3.8, 4) is 5.75 Å². The van der Waals surface area contributed by atoms with Crippen LogP contribution >= 0.6 is 11.8 Å². The lowest BCUT2D eigenvalue weighted by atomic mass is 10.1. The molecule has 7 nitrogen and oxygen atoms in total. The third kappa shape index (κ3) is 5.21. The molecule has 3 rings (SSSR count). The summed E-state index contributed by atoms with van der Waals surface area (Å²) in [5, 5.41) is 6.72. The number of para-hydroxylation sites is 1. The number of ether oxygens (including phenoxy) is 1. The largest absolute Gasteiger partial charge is 0.488 e. The van der Waals surface area contributed by atoms with Gasteiger partial charge in [-0.2, -0.15) is 0 Å². The van der Waals surface area contributed by atoms with Gasteiger partial charge in [0, 0.05) is 24.7 Å². The van der Waals surface area contributed by atoms with Gasteiger partial charge in [0.05, 0.1) is 16.8 Å². The van der Waals surface area contributed by atoms with E-state index in [2.05, 4.69) is 10.5 Å². The van der Waals surface area contributed by atoms with E-state index in [-0.39, 0.29) is 17.8 Å². The van der Waals surface area contributed by atoms with Crippen LogP contribution in [0.15, 0.2) is 57.9 Å². The topological polar surface area (TPSA) is 84.7 Å². The van der Waals surface area contributed by atoms with Crippen molar-refractivity contribution in [2.24, 2.45) is 0 Å². The number of carbonyl (C=O) groups excluding carboxylic acids is 2. The van der Waals surface area contributed by atoms with Crippen molar-refractivity contribution in [1.82, 2.24) is 10.1 Å². The molecular formula is C22H23N3O4S. The zero-order valence-electron chi connectivity index (χ0n) is 17.3. The van der Waals surface area contributed by atoms with Crippen molar-refractivity contribution in [3.05, 3.63) is 71.1 Å². The minimum Gasteiger partial charge on any atom is -0.488 e. The Kier molecular flexibility index (Phi) is 6.79. The Labute approximate surface area is 179 Å².